The van der Waals surface area contributed by atoms with Gasteiger partial charge in [0, 0.05) is 0 Å². The Kier molecular flexibility index (Phi) is 5.59. The molecule has 1 aromatic carbocycles. The number of carbonyl (C=O) groups is 1. The van der Waals surface area contributed by atoms with E-state index in [9.17, 15) is 9.90 Å². The first-order chi connectivity index (χ1) is 10.2. The number of hydrogen-bond donors (Lipinski definition) is 2. The number of benzene rings is 1. The molecule has 1 amide bonds. The molecule has 5 heteroatoms. The van der Waals surface area contributed by atoms with Crippen LogP contribution in [0.1, 0.15) is 37.7 Å². The summed E-state index contributed by atoms with van der Waals surface area (Å²) in [6, 6.07) is 8.62. The van der Waals surface area contributed by atoms with Gasteiger partial charge in [0.2, 0.25) is 0 Å². The van der Waals surface area contributed by atoms with Crippen molar-refractivity contribution >= 4 is 5.91 Å². The Morgan fingerprint density at radius 2 is 2.10 bits per heavy atom. The SMILES string of the molecule is N#Cc1ccccc1OCC(=O)NC1CCCCCC1O. The Balaban J connectivity index is 1.86. The summed E-state index contributed by atoms with van der Waals surface area (Å²) in [5.41, 5.74) is 0.403. The van der Waals surface area contributed by atoms with E-state index in [1.54, 1.807) is 24.3 Å². The van der Waals surface area contributed by atoms with E-state index >= 15 is 0 Å². The molecule has 1 aliphatic carbocycles. The molecule has 5 nitrogen and oxygen atoms in total. The van der Waals surface area contributed by atoms with Gasteiger partial charge in [-0.1, -0.05) is 31.4 Å². The fourth-order valence-electron chi connectivity index (χ4n) is 2.53. The number of hydrogen-bond acceptors (Lipinski definition) is 4. The Labute approximate surface area is 124 Å². The van der Waals surface area contributed by atoms with Crippen molar-refractivity contribution in [3.05, 3.63) is 29.8 Å². The quantitative estimate of drug-likeness (QED) is 0.827. The lowest BCUT2D eigenvalue weighted by molar-refractivity contribution is -0.124. The van der Waals surface area contributed by atoms with Crippen molar-refractivity contribution in [2.75, 3.05) is 6.61 Å². The predicted molar refractivity (Wildman–Crippen MR) is 77.7 cm³/mol. The van der Waals surface area contributed by atoms with Gasteiger partial charge in [-0.05, 0) is 25.0 Å². The van der Waals surface area contributed by atoms with E-state index in [0.29, 0.717) is 11.3 Å². The van der Waals surface area contributed by atoms with Gasteiger partial charge in [-0.15, -0.1) is 0 Å². The molecule has 1 aromatic rings. The lowest BCUT2D eigenvalue weighted by atomic mass is 10.1. The van der Waals surface area contributed by atoms with E-state index in [1.165, 1.54) is 0 Å². The van der Waals surface area contributed by atoms with Gasteiger partial charge in [0.25, 0.3) is 5.91 Å². The Hall–Kier alpha value is -2.06. The average molecular weight is 288 g/mol. The monoisotopic (exact) mass is 288 g/mol. The highest BCUT2D eigenvalue weighted by Crippen LogP contribution is 2.18. The van der Waals surface area contributed by atoms with E-state index < -0.39 is 6.10 Å². The molecule has 0 radical (unpaired) electrons. The van der Waals surface area contributed by atoms with E-state index in [4.69, 9.17) is 10.00 Å². The molecule has 0 heterocycles. The first-order valence-corrected chi connectivity index (χ1v) is 7.30. The molecule has 1 fully saturated rings. The van der Waals surface area contributed by atoms with Crippen LogP contribution in [0.4, 0.5) is 0 Å². The first kappa shape index (κ1) is 15.3. The molecule has 1 saturated carbocycles. The molecule has 2 N–H and O–H groups in total. The Morgan fingerprint density at radius 1 is 1.33 bits per heavy atom. The fourth-order valence-corrected chi connectivity index (χ4v) is 2.53. The van der Waals surface area contributed by atoms with Crippen molar-refractivity contribution < 1.29 is 14.6 Å². The molecule has 2 atom stereocenters. The highest BCUT2D eigenvalue weighted by molar-refractivity contribution is 5.78. The molecule has 0 spiro atoms. The van der Waals surface area contributed by atoms with Crippen molar-refractivity contribution in [1.82, 2.24) is 5.32 Å². The third-order valence-corrected chi connectivity index (χ3v) is 3.69. The van der Waals surface area contributed by atoms with E-state index in [-0.39, 0.29) is 18.6 Å². The maximum absolute atomic E-state index is 11.9. The highest BCUT2D eigenvalue weighted by atomic mass is 16.5. The van der Waals surface area contributed by atoms with Crippen LogP contribution in [0.25, 0.3) is 0 Å². The number of nitrogens with zero attached hydrogens (tertiary/aromatic N) is 1. The van der Waals surface area contributed by atoms with Crippen LogP contribution in [-0.4, -0.2) is 29.8 Å². The number of aliphatic hydroxyl groups is 1. The van der Waals surface area contributed by atoms with Gasteiger partial charge in [-0.2, -0.15) is 5.26 Å². The van der Waals surface area contributed by atoms with Crippen LogP contribution in [0.5, 0.6) is 5.75 Å². The van der Waals surface area contributed by atoms with Gasteiger partial charge in [-0.3, -0.25) is 4.79 Å². The summed E-state index contributed by atoms with van der Waals surface area (Å²) in [6.45, 7) is -0.151. The van der Waals surface area contributed by atoms with Crippen molar-refractivity contribution in [3.8, 4) is 11.8 Å². The van der Waals surface area contributed by atoms with Crippen molar-refractivity contribution in [2.24, 2.45) is 0 Å². The van der Waals surface area contributed by atoms with Crippen LogP contribution in [0.15, 0.2) is 24.3 Å². The summed E-state index contributed by atoms with van der Waals surface area (Å²) in [7, 11) is 0. The number of nitriles is 1. The normalized spacial score (nSPS) is 21.9. The summed E-state index contributed by atoms with van der Waals surface area (Å²) in [6.07, 6.45) is 4.14. The summed E-state index contributed by atoms with van der Waals surface area (Å²) < 4.78 is 5.38. The minimum absolute atomic E-state index is 0.151. The smallest absolute Gasteiger partial charge is 0.258 e. The average Bonchev–Trinajstić information content (AvgIpc) is 2.70. The van der Waals surface area contributed by atoms with Crippen LogP contribution in [0.2, 0.25) is 0 Å². The summed E-state index contributed by atoms with van der Waals surface area (Å²) >= 11 is 0. The lowest BCUT2D eigenvalue weighted by Crippen LogP contribution is -2.44. The topological polar surface area (TPSA) is 82.3 Å². The Bertz CT molecular complexity index is 524. The largest absolute Gasteiger partial charge is 0.482 e. The molecule has 0 saturated heterocycles. The molecule has 112 valence electrons. The molecule has 2 rings (SSSR count). The molecule has 2 unspecified atom stereocenters. The van der Waals surface area contributed by atoms with Crippen LogP contribution in [0.3, 0.4) is 0 Å². The summed E-state index contributed by atoms with van der Waals surface area (Å²) in [4.78, 5) is 11.9. The maximum atomic E-state index is 11.9. The van der Waals surface area contributed by atoms with Crippen LogP contribution < -0.4 is 10.1 Å². The second-order valence-corrected chi connectivity index (χ2v) is 5.28. The van der Waals surface area contributed by atoms with Gasteiger partial charge in [0.1, 0.15) is 11.8 Å². The molecule has 0 aromatic heterocycles. The zero-order valence-corrected chi connectivity index (χ0v) is 11.9. The van der Waals surface area contributed by atoms with E-state index in [0.717, 1.165) is 32.1 Å². The third-order valence-electron chi connectivity index (χ3n) is 3.69. The fraction of sp³-hybridized carbons (Fsp3) is 0.500. The van der Waals surface area contributed by atoms with Gasteiger partial charge in [0.05, 0.1) is 17.7 Å². The van der Waals surface area contributed by atoms with Crippen molar-refractivity contribution in [3.63, 3.8) is 0 Å². The third kappa shape index (κ3) is 4.47. The Morgan fingerprint density at radius 3 is 2.90 bits per heavy atom. The number of carbonyl (C=O) groups excluding carboxylic acids is 1. The van der Waals surface area contributed by atoms with Crippen molar-refractivity contribution in [1.29, 1.82) is 5.26 Å². The highest BCUT2D eigenvalue weighted by Gasteiger charge is 2.23. The number of rotatable bonds is 4. The molecule has 0 aliphatic heterocycles. The van der Waals surface area contributed by atoms with Crippen LogP contribution in [-0.2, 0) is 4.79 Å². The number of amides is 1. The standard InChI is InChI=1S/C16H20N2O3/c17-10-12-6-4-5-9-15(12)21-11-16(20)18-13-7-2-1-3-8-14(13)19/h4-6,9,13-14,19H,1-3,7-8,11H2,(H,18,20). The number of nitrogens with one attached hydrogen (secondary N) is 1. The zero-order chi connectivity index (χ0) is 15.1. The van der Waals surface area contributed by atoms with Gasteiger partial charge in [-0.25, -0.2) is 0 Å². The summed E-state index contributed by atoms with van der Waals surface area (Å²) in [5, 5.41) is 21.7. The van der Waals surface area contributed by atoms with Crippen LogP contribution in [0, 0.1) is 11.3 Å². The van der Waals surface area contributed by atoms with Gasteiger partial charge < -0.3 is 15.2 Å². The van der Waals surface area contributed by atoms with Gasteiger partial charge in [0.15, 0.2) is 6.61 Å². The van der Waals surface area contributed by atoms with E-state index in [2.05, 4.69) is 5.32 Å². The van der Waals surface area contributed by atoms with Gasteiger partial charge >= 0.3 is 0 Å². The predicted octanol–water partition coefficient (Wildman–Crippen LogP) is 1.75. The zero-order valence-electron chi connectivity index (χ0n) is 11.9. The number of aliphatic hydroxyl groups excluding tert-OH is 1. The van der Waals surface area contributed by atoms with E-state index in [1.807, 2.05) is 6.07 Å². The molecular weight excluding hydrogens is 268 g/mol. The molecule has 1 aliphatic rings. The molecular formula is C16H20N2O3. The minimum Gasteiger partial charge on any atom is -0.482 e. The lowest BCUT2D eigenvalue weighted by Gasteiger charge is -2.21. The second kappa shape index (κ2) is 7.65. The molecule has 0 bridgehead atoms. The minimum atomic E-state index is -0.483. The number of para-hydroxylation sites is 1. The van der Waals surface area contributed by atoms with Crippen LogP contribution >= 0.6 is 0 Å². The second-order valence-electron chi connectivity index (χ2n) is 5.28. The van der Waals surface area contributed by atoms with Crippen molar-refractivity contribution in [2.45, 2.75) is 44.2 Å². The first-order valence-electron chi connectivity index (χ1n) is 7.30. The number of ether oxygens (including phenoxy) is 1. The maximum Gasteiger partial charge on any atom is 0.258 e. The molecule has 21 heavy (non-hydrogen) atoms. The summed E-state index contributed by atoms with van der Waals surface area (Å²) in [5.74, 6) is 0.130.